The minimum Gasteiger partial charge on any atom is -0.380 e. The number of hydrogen-bond donors (Lipinski definition) is 1. The summed E-state index contributed by atoms with van der Waals surface area (Å²) in [7, 11) is -2.26. The largest absolute Gasteiger partial charge is 0.419 e. The van der Waals surface area contributed by atoms with Crippen LogP contribution in [0.5, 0.6) is 0 Å². The van der Waals surface area contributed by atoms with Gasteiger partial charge in [-0.05, 0) is 30.7 Å². The zero-order valence-electron chi connectivity index (χ0n) is 16.4. The average Bonchev–Trinajstić information content (AvgIpc) is 2.98. The predicted octanol–water partition coefficient (Wildman–Crippen LogP) is 3.55. The summed E-state index contributed by atoms with van der Waals surface area (Å²) in [5, 5.41) is 2.27. The molecule has 3 rings (SSSR count). The van der Waals surface area contributed by atoms with Crippen molar-refractivity contribution in [1.29, 1.82) is 0 Å². The summed E-state index contributed by atoms with van der Waals surface area (Å²) in [6, 6.07) is 2.73. The lowest BCUT2D eigenvalue weighted by molar-refractivity contribution is -0.140. The summed E-state index contributed by atoms with van der Waals surface area (Å²) in [5.41, 5.74) is -2.61. The Morgan fingerprint density at radius 2 is 1.90 bits per heavy atom. The van der Waals surface area contributed by atoms with Crippen LogP contribution in [-0.2, 0) is 27.8 Å². The highest BCUT2D eigenvalue weighted by atomic mass is 32.2. The number of nitrogens with zero attached hydrogens (tertiary/aromatic N) is 1. The van der Waals surface area contributed by atoms with Crippen LogP contribution < -0.4 is 5.32 Å². The standard InChI is InChI=1S/C19H20F4N2O4S/c1-11-4-12(5-14(16(11)20)19(21,22)23)24-17(26)15-6-13(7-25(15)3)30(27,28)10-18(2)8-29-9-18/h4-7H,8-10H2,1-3H3,(H,24,26). The third kappa shape index (κ3) is 4.36. The Labute approximate surface area is 170 Å². The zero-order valence-corrected chi connectivity index (χ0v) is 17.2. The van der Waals surface area contributed by atoms with Gasteiger partial charge in [-0.1, -0.05) is 6.92 Å². The number of nitrogens with one attached hydrogen (secondary N) is 1. The molecule has 1 fully saturated rings. The first-order valence-corrected chi connectivity index (χ1v) is 10.5. The van der Waals surface area contributed by atoms with Gasteiger partial charge < -0.3 is 14.6 Å². The van der Waals surface area contributed by atoms with Crippen molar-refractivity contribution in [3.8, 4) is 0 Å². The summed E-state index contributed by atoms with van der Waals surface area (Å²) in [6.07, 6.45) is -3.66. The molecule has 1 aromatic heterocycles. The lowest BCUT2D eigenvalue weighted by atomic mass is 9.92. The van der Waals surface area contributed by atoms with E-state index in [1.54, 1.807) is 6.92 Å². The summed E-state index contributed by atoms with van der Waals surface area (Å²) in [5.74, 6) is -2.39. The van der Waals surface area contributed by atoms with Gasteiger partial charge in [-0.2, -0.15) is 13.2 Å². The topological polar surface area (TPSA) is 77.4 Å². The van der Waals surface area contributed by atoms with E-state index in [-0.39, 0.29) is 27.6 Å². The Morgan fingerprint density at radius 1 is 1.27 bits per heavy atom. The van der Waals surface area contributed by atoms with E-state index in [0.29, 0.717) is 19.3 Å². The minimum atomic E-state index is -4.93. The summed E-state index contributed by atoms with van der Waals surface area (Å²) >= 11 is 0. The fraction of sp³-hybridized carbons (Fsp3) is 0.421. The van der Waals surface area contributed by atoms with Crippen LogP contribution in [0.15, 0.2) is 29.3 Å². The molecule has 1 N–H and O–H groups in total. The number of amides is 1. The van der Waals surface area contributed by atoms with Gasteiger partial charge in [0.1, 0.15) is 11.5 Å². The Hall–Kier alpha value is -2.40. The number of alkyl halides is 3. The third-order valence-electron chi connectivity index (χ3n) is 4.83. The van der Waals surface area contributed by atoms with E-state index >= 15 is 0 Å². The second-order valence-corrected chi connectivity index (χ2v) is 9.83. The van der Waals surface area contributed by atoms with Crippen LogP contribution in [0.2, 0.25) is 0 Å². The first kappa shape index (κ1) is 22.3. The summed E-state index contributed by atoms with van der Waals surface area (Å²) in [4.78, 5) is 12.5. The monoisotopic (exact) mass is 448 g/mol. The number of aromatic nitrogens is 1. The number of carbonyl (C=O) groups is 1. The molecule has 1 amide bonds. The van der Waals surface area contributed by atoms with Gasteiger partial charge >= 0.3 is 6.18 Å². The van der Waals surface area contributed by atoms with Crippen LogP contribution in [0.1, 0.15) is 28.5 Å². The van der Waals surface area contributed by atoms with Gasteiger partial charge in [0.15, 0.2) is 9.84 Å². The van der Waals surface area contributed by atoms with E-state index in [1.807, 2.05) is 0 Å². The lowest BCUT2D eigenvalue weighted by Crippen LogP contribution is -2.45. The van der Waals surface area contributed by atoms with Gasteiger partial charge in [0.05, 0.1) is 29.4 Å². The quantitative estimate of drug-likeness (QED) is 0.710. The summed E-state index contributed by atoms with van der Waals surface area (Å²) < 4.78 is 84.5. The number of rotatable bonds is 5. The van der Waals surface area contributed by atoms with Crippen LogP contribution in [0.25, 0.3) is 0 Å². The molecule has 1 aliphatic rings. The molecule has 0 bridgehead atoms. The summed E-state index contributed by atoms with van der Waals surface area (Å²) in [6.45, 7) is 3.56. The number of benzene rings is 1. The van der Waals surface area contributed by atoms with Crippen LogP contribution in [0, 0.1) is 18.2 Å². The normalized spacial score (nSPS) is 16.2. The first-order valence-electron chi connectivity index (χ1n) is 8.87. The molecule has 30 heavy (non-hydrogen) atoms. The Kier molecular flexibility index (Phi) is 5.48. The van der Waals surface area contributed by atoms with E-state index < -0.39 is 38.7 Å². The fourth-order valence-corrected chi connectivity index (χ4v) is 5.11. The highest BCUT2D eigenvalue weighted by Gasteiger charge is 2.39. The maximum Gasteiger partial charge on any atom is 0.419 e. The number of ether oxygens (including phenoxy) is 1. The maximum absolute atomic E-state index is 13.8. The second kappa shape index (κ2) is 7.38. The molecular formula is C19H20F4N2O4S. The molecule has 0 spiro atoms. The van der Waals surface area contributed by atoms with Crippen molar-refractivity contribution >= 4 is 21.4 Å². The number of anilines is 1. The molecule has 2 aromatic rings. The Bertz CT molecular complexity index is 1100. The molecule has 0 atom stereocenters. The number of carbonyl (C=O) groups excluding carboxylic acids is 1. The van der Waals surface area contributed by atoms with E-state index in [4.69, 9.17) is 4.74 Å². The number of aryl methyl sites for hydroxylation is 2. The van der Waals surface area contributed by atoms with Crippen molar-refractivity contribution in [3.63, 3.8) is 0 Å². The first-order chi connectivity index (χ1) is 13.7. The smallest absolute Gasteiger partial charge is 0.380 e. The molecule has 6 nitrogen and oxygen atoms in total. The highest BCUT2D eigenvalue weighted by Crippen LogP contribution is 2.35. The molecule has 0 unspecified atom stereocenters. The van der Waals surface area contributed by atoms with Crippen molar-refractivity contribution in [3.05, 3.63) is 47.0 Å². The van der Waals surface area contributed by atoms with Gasteiger partial charge in [0.25, 0.3) is 5.91 Å². The molecule has 1 aromatic carbocycles. The van der Waals surface area contributed by atoms with Crippen molar-refractivity contribution in [2.75, 3.05) is 24.3 Å². The zero-order chi connectivity index (χ0) is 22.5. The predicted molar refractivity (Wildman–Crippen MR) is 100 cm³/mol. The Balaban J connectivity index is 1.86. The van der Waals surface area contributed by atoms with E-state index in [0.717, 1.165) is 19.1 Å². The van der Waals surface area contributed by atoms with E-state index in [1.165, 1.54) is 17.8 Å². The SMILES string of the molecule is Cc1cc(NC(=O)c2cc(S(=O)(=O)CC3(C)COC3)cn2C)cc(C(F)(F)F)c1F. The molecule has 164 valence electrons. The van der Waals surface area contributed by atoms with Gasteiger partial charge in [-0.3, -0.25) is 4.79 Å². The number of halogens is 4. The van der Waals surface area contributed by atoms with Crippen LogP contribution >= 0.6 is 0 Å². The fourth-order valence-electron chi connectivity index (χ4n) is 3.25. The van der Waals surface area contributed by atoms with Crippen molar-refractivity contribution in [2.24, 2.45) is 12.5 Å². The van der Waals surface area contributed by atoms with Crippen molar-refractivity contribution < 1.29 is 35.5 Å². The molecule has 11 heteroatoms. The molecular weight excluding hydrogens is 428 g/mol. The van der Waals surface area contributed by atoms with E-state index in [2.05, 4.69) is 5.32 Å². The minimum absolute atomic E-state index is 0.0703. The third-order valence-corrected chi connectivity index (χ3v) is 6.85. The Morgan fingerprint density at radius 3 is 2.43 bits per heavy atom. The number of sulfone groups is 1. The molecule has 0 radical (unpaired) electrons. The molecule has 0 aliphatic carbocycles. The number of hydrogen-bond acceptors (Lipinski definition) is 4. The van der Waals surface area contributed by atoms with Gasteiger partial charge in [0, 0.05) is 24.3 Å². The van der Waals surface area contributed by atoms with Crippen LogP contribution in [0.4, 0.5) is 23.2 Å². The van der Waals surface area contributed by atoms with Gasteiger partial charge in [-0.15, -0.1) is 0 Å². The lowest BCUT2D eigenvalue weighted by Gasteiger charge is -2.37. The molecule has 1 saturated heterocycles. The second-order valence-electron chi connectivity index (χ2n) is 7.84. The maximum atomic E-state index is 13.8. The van der Waals surface area contributed by atoms with Crippen LogP contribution in [-0.4, -0.2) is 37.9 Å². The van der Waals surface area contributed by atoms with Crippen molar-refractivity contribution in [2.45, 2.75) is 24.9 Å². The molecule has 1 aliphatic heterocycles. The highest BCUT2D eigenvalue weighted by molar-refractivity contribution is 7.91. The van der Waals surface area contributed by atoms with Crippen LogP contribution in [0.3, 0.4) is 0 Å². The average molecular weight is 448 g/mol. The van der Waals surface area contributed by atoms with Crippen molar-refractivity contribution in [1.82, 2.24) is 4.57 Å². The van der Waals surface area contributed by atoms with Gasteiger partial charge in [0.2, 0.25) is 0 Å². The van der Waals surface area contributed by atoms with Gasteiger partial charge in [-0.25, -0.2) is 12.8 Å². The van der Waals surface area contributed by atoms with E-state index in [9.17, 15) is 30.8 Å². The molecule has 2 heterocycles. The molecule has 0 saturated carbocycles.